The van der Waals surface area contributed by atoms with Gasteiger partial charge in [0.05, 0.1) is 4.90 Å². The Kier molecular flexibility index (Phi) is 8.98. The Morgan fingerprint density at radius 3 is 2.06 bits per heavy atom. The van der Waals surface area contributed by atoms with Crippen LogP contribution < -0.4 is 5.32 Å². The molecule has 186 valence electrons. The first-order chi connectivity index (χ1) is 15.6. The molecular weight excluding hydrogens is 434 g/mol. The van der Waals surface area contributed by atoms with Crippen molar-refractivity contribution in [1.29, 1.82) is 0 Å². The predicted molar refractivity (Wildman–Crippen MR) is 134 cm³/mol. The summed E-state index contributed by atoms with van der Waals surface area (Å²) in [7, 11) is -3.51. The average Bonchev–Trinajstić information content (AvgIpc) is 2.80. The van der Waals surface area contributed by atoms with Crippen molar-refractivity contribution < 1.29 is 13.2 Å². The Labute approximate surface area is 201 Å². The van der Waals surface area contributed by atoms with E-state index in [1.165, 1.54) is 17.1 Å². The highest BCUT2D eigenvalue weighted by atomic mass is 32.2. The number of likely N-dealkylation sites (tertiary alicyclic amines) is 1. The second-order valence-corrected chi connectivity index (χ2v) is 12.6. The average molecular weight is 478 g/mol. The number of amides is 1. The number of hydrogen-bond donors (Lipinski definition) is 1. The number of carbonyl (C=O) groups excluding carboxylic acids is 1. The molecule has 0 spiro atoms. The molecule has 0 saturated carbocycles. The molecule has 2 fully saturated rings. The highest BCUT2D eigenvalue weighted by Gasteiger charge is 2.33. The third-order valence-corrected chi connectivity index (χ3v) is 9.46. The summed E-state index contributed by atoms with van der Waals surface area (Å²) in [6.07, 6.45) is 3.60. The standard InChI is InChI=1S/C26H43N3O3S/c1-19(2)22-6-8-24(9-7-22)33(31,32)29-16-12-23(13-17-29)26(30)27-18-25(20(3)4)28-14-10-21(5)11-15-28/h6-9,19-21,23,25H,10-18H2,1-5H3,(H,27,30). The van der Waals surface area contributed by atoms with Gasteiger partial charge in [0.2, 0.25) is 15.9 Å². The van der Waals surface area contributed by atoms with Crippen molar-refractivity contribution in [3.63, 3.8) is 0 Å². The zero-order valence-corrected chi connectivity index (χ0v) is 21.9. The zero-order valence-electron chi connectivity index (χ0n) is 21.1. The van der Waals surface area contributed by atoms with Gasteiger partial charge in [-0.1, -0.05) is 46.8 Å². The van der Waals surface area contributed by atoms with Crippen molar-refractivity contribution in [2.45, 2.75) is 77.2 Å². The first-order valence-corrected chi connectivity index (χ1v) is 14.2. The monoisotopic (exact) mass is 477 g/mol. The normalized spacial score (nSPS) is 20.9. The fraction of sp³-hybridized carbons (Fsp3) is 0.731. The quantitative estimate of drug-likeness (QED) is 0.612. The number of nitrogens with one attached hydrogen (secondary N) is 1. The summed E-state index contributed by atoms with van der Waals surface area (Å²) in [5.74, 6) is 1.59. The molecule has 33 heavy (non-hydrogen) atoms. The molecule has 2 saturated heterocycles. The summed E-state index contributed by atoms with van der Waals surface area (Å²) >= 11 is 0. The summed E-state index contributed by atoms with van der Waals surface area (Å²) in [6.45, 7) is 14.6. The Morgan fingerprint density at radius 2 is 1.55 bits per heavy atom. The molecule has 2 heterocycles. The molecule has 0 aliphatic carbocycles. The van der Waals surface area contributed by atoms with Crippen LogP contribution in [0.2, 0.25) is 0 Å². The van der Waals surface area contributed by atoms with E-state index in [9.17, 15) is 13.2 Å². The topological polar surface area (TPSA) is 69.7 Å². The third-order valence-electron chi connectivity index (χ3n) is 7.55. The van der Waals surface area contributed by atoms with Gasteiger partial charge in [0.25, 0.3) is 0 Å². The van der Waals surface area contributed by atoms with E-state index in [4.69, 9.17) is 0 Å². The van der Waals surface area contributed by atoms with Crippen molar-refractivity contribution in [3.05, 3.63) is 29.8 Å². The first kappa shape index (κ1) is 26.2. The lowest BCUT2D eigenvalue weighted by Crippen LogP contribution is -2.51. The number of benzene rings is 1. The van der Waals surface area contributed by atoms with Crippen LogP contribution in [0, 0.1) is 17.8 Å². The largest absolute Gasteiger partial charge is 0.354 e. The zero-order chi connectivity index (χ0) is 24.2. The SMILES string of the molecule is CC1CCN(C(CNC(=O)C2CCN(S(=O)(=O)c3ccc(C(C)C)cc3)CC2)C(C)C)CC1. The minimum absolute atomic E-state index is 0.0735. The molecule has 0 aromatic heterocycles. The summed E-state index contributed by atoms with van der Waals surface area (Å²) in [5, 5.41) is 3.20. The van der Waals surface area contributed by atoms with E-state index in [1.807, 2.05) is 12.1 Å². The second kappa shape index (κ2) is 11.3. The van der Waals surface area contributed by atoms with E-state index in [-0.39, 0.29) is 11.8 Å². The Hall–Kier alpha value is -1.44. The molecule has 1 atom stereocenters. The van der Waals surface area contributed by atoms with Crippen molar-refractivity contribution >= 4 is 15.9 Å². The van der Waals surface area contributed by atoms with E-state index in [0.717, 1.165) is 24.6 Å². The third kappa shape index (κ3) is 6.58. The van der Waals surface area contributed by atoms with Gasteiger partial charge in [-0.25, -0.2) is 8.42 Å². The predicted octanol–water partition coefficient (Wildman–Crippen LogP) is 4.08. The molecule has 1 N–H and O–H groups in total. The van der Waals surface area contributed by atoms with Gasteiger partial charge in [-0.2, -0.15) is 4.31 Å². The maximum atomic E-state index is 13.1. The summed E-state index contributed by atoms with van der Waals surface area (Å²) in [6, 6.07) is 7.56. The maximum absolute atomic E-state index is 13.1. The fourth-order valence-electron chi connectivity index (χ4n) is 5.03. The minimum Gasteiger partial charge on any atom is -0.354 e. The van der Waals surface area contributed by atoms with Crippen LogP contribution in [0.5, 0.6) is 0 Å². The van der Waals surface area contributed by atoms with Crippen molar-refractivity contribution in [2.24, 2.45) is 17.8 Å². The molecule has 2 aliphatic heterocycles. The Morgan fingerprint density at radius 1 is 0.970 bits per heavy atom. The fourth-order valence-corrected chi connectivity index (χ4v) is 6.50. The molecule has 0 bridgehead atoms. The molecule has 1 aromatic rings. The molecule has 6 nitrogen and oxygen atoms in total. The number of sulfonamides is 1. The Balaban J connectivity index is 1.51. The first-order valence-electron chi connectivity index (χ1n) is 12.7. The van der Waals surface area contributed by atoms with Gasteiger partial charge in [0, 0.05) is 31.6 Å². The van der Waals surface area contributed by atoms with Crippen molar-refractivity contribution in [2.75, 3.05) is 32.7 Å². The van der Waals surface area contributed by atoms with Gasteiger partial charge in [0.1, 0.15) is 0 Å². The van der Waals surface area contributed by atoms with Crippen LogP contribution in [-0.2, 0) is 14.8 Å². The lowest BCUT2D eigenvalue weighted by Gasteiger charge is -2.39. The van der Waals surface area contributed by atoms with Crippen molar-refractivity contribution in [3.8, 4) is 0 Å². The minimum atomic E-state index is -3.51. The number of hydrogen-bond acceptors (Lipinski definition) is 4. The molecule has 1 unspecified atom stereocenters. The molecule has 0 radical (unpaired) electrons. The van der Waals surface area contributed by atoms with Gasteiger partial charge < -0.3 is 5.32 Å². The molecule has 1 aromatic carbocycles. The van der Waals surface area contributed by atoms with Gasteiger partial charge in [-0.05, 0) is 74.2 Å². The highest BCUT2D eigenvalue weighted by Crippen LogP contribution is 2.26. The van der Waals surface area contributed by atoms with Crippen molar-refractivity contribution in [1.82, 2.24) is 14.5 Å². The number of carbonyl (C=O) groups is 1. The highest BCUT2D eigenvalue weighted by molar-refractivity contribution is 7.89. The summed E-state index contributed by atoms with van der Waals surface area (Å²) < 4.78 is 27.6. The van der Waals surface area contributed by atoms with E-state index in [1.54, 1.807) is 12.1 Å². The summed E-state index contributed by atoms with van der Waals surface area (Å²) in [4.78, 5) is 15.8. The maximum Gasteiger partial charge on any atom is 0.243 e. The smallest absolute Gasteiger partial charge is 0.243 e. The number of rotatable bonds is 8. The molecular formula is C26H43N3O3S. The van der Waals surface area contributed by atoms with Gasteiger partial charge in [0.15, 0.2) is 0 Å². The molecule has 3 rings (SSSR count). The van der Waals surface area contributed by atoms with Crippen LogP contribution in [0.15, 0.2) is 29.2 Å². The summed E-state index contributed by atoms with van der Waals surface area (Å²) in [5.41, 5.74) is 1.13. The number of piperidine rings is 2. The van der Waals surface area contributed by atoms with Crippen LogP contribution in [0.4, 0.5) is 0 Å². The molecule has 2 aliphatic rings. The second-order valence-electron chi connectivity index (χ2n) is 10.7. The van der Waals surface area contributed by atoms with Crippen LogP contribution in [0.25, 0.3) is 0 Å². The van der Waals surface area contributed by atoms with E-state index in [0.29, 0.717) is 55.2 Å². The molecule has 7 heteroatoms. The van der Waals surface area contributed by atoms with Gasteiger partial charge in [-0.15, -0.1) is 0 Å². The van der Waals surface area contributed by atoms with E-state index >= 15 is 0 Å². The lowest BCUT2D eigenvalue weighted by molar-refractivity contribution is -0.126. The van der Waals surface area contributed by atoms with Crippen LogP contribution in [0.3, 0.4) is 0 Å². The van der Waals surface area contributed by atoms with Gasteiger partial charge >= 0.3 is 0 Å². The van der Waals surface area contributed by atoms with Crippen LogP contribution in [-0.4, -0.2) is 62.3 Å². The van der Waals surface area contributed by atoms with Crippen LogP contribution >= 0.6 is 0 Å². The lowest BCUT2D eigenvalue weighted by atomic mass is 9.93. The number of nitrogens with zero attached hydrogens (tertiary/aromatic N) is 2. The van der Waals surface area contributed by atoms with E-state index < -0.39 is 10.0 Å². The van der Waals surface area contributed by atoms with Gasteiger partial charge in [-0.3, -0.25) is 9.69 Å². The van der Waals surface area contributed by atoms with E-state index in [2.05, 4.69) is 44.8 Å². The molecule has 1 amide bonds. The Bertz CT molecular complexity index is 867. The van der Waals surface area contributed by atoms with Crippen LogP contribution in [0.1, 0.15) is 71.8 Å².